The van der Waals surface area contributed by atoms with Gasteiger partial charge in [0.25, 0.3) is 11.5 Å². The highest BCUT2D eigenvalue weighted by Crippen LogP contribution is 2.48. The number of rotatable bonds is 9. The quantitative estimate of drug-likeness (QED) is 0.331. The molecule has 1 aliphatic carbocycles. The zero-order valence-corrected chi connectivity index (χ0v) is 26.6. The molecule has 2 fully saturated rings. The molecule has 0 spiro atoms. The highest BCUT2D eigenvalue weighted by Gasteiger charge is 2.36. The number of allylic oxidation sites excluding steroid dienone is 1. The molecule has 3 N–H and O–H groups in total. The summed E-state index contributed by atoms with van der Waals surface area (Å²) in [5, 5.41) is 29.3. The number of carboxylic acid groups (broad SMARTS) is 3. The Kier molecular flexibility index (Phi) is 9.53. The minimum absolute atomic E-state index is 0.00450. The maximum Gasteiger partial charge on any atom is 0.323 e. The van der Waals surface area contributed by atoms with Gasteiger partial charge in [-0.1, -0.05) is 55.0 Å². The fraction of sp³-hybridized carbons (Fsp3) is 0.357. The number of carboxylic acids is 3. The molecular weight excluding hydrogens is 651 g/mol. The second-order valence-electron chi connectivity index (χ2n) is 10.2. The lowest BCUT2D eigenvalue weighted by atomic mass is 9.84. The van der Waals surface area contributed by atoms with Gasteiger partial charge in [0.2, 0.25) is 0 Å². The zero-order chi connectivity index (χ0) is 31.7. The average molecular weight is 678 g/mol. The zero-order valence-electron chi connectivity index (χ0n) is 23.3. The van der Waals surface area contributed by atoms with E-state index in [2.05, 4.69) is 0 Å². The summed E-state index contributed by atoms with van der Waals surface area (Å²) in [6, 6.07) is 5.37. The third-order valence-electron chi connectivity index (χ3n) is 7.33. The molecule has 1 amide bonds. The number of thioether (sulfide) groups is 2. The molecule has 0 unspecified atom stereocenters. The van der Waals surface area contributed by atoms with Gasteiger partial charge in [0.1, 0.15) is 39.3 Å². The first-order chi connectivity index (χ1) is 21.0. The topological polar surface area (TPSA) is 167 Å². The van der Waals surface area contributed by atoms with E-state index in [1.54, 1.807) is 17.0 Å². The molecule has 232 valence electrons. The van der Waals surface area contributed by atoms with Crippen molar-refractivity contribution in [1.82, 2.24) is 9.47 Å². The Bertz CT molecular complexity index is 1790. The number of anilines is 1. The average Bonchev–Trinajstić information content (AvgIpc) is 3.57. The maximum atomic E-state index is 14.0. The van der Waals surface area contributed by atoms with E-state index in [4.69, 9.17) is 17.0 Å². The summed E-state index contributed by atoms with van der Waals surface area (Å²) in [5.74, 6) is -3.84. The number of benzene rings is 1. The number of hydrogen-bond donors (Lipinski definition) is 3. The Labute approximate surface area is 268 Å². The first kappa shape index (κ1) is 31.8. The van der Waals surface area contributed by atoms with Crippen LogP contribution in [-0.4, -0.2) is 73.1 Å². The van der Waals surface area contributed by atoms with E-state index in [1.807, 2.05) is 12.1 Å². The van der Waals surface area contributed by atoms with Crippen molar-refractivity contribution in [2.75, 3.05) is 25.1 Å². The van der Waals surface area contributed by atoms with Crippen LogP contribution in [0.25, 0.3) is 10.5 Å². The highest BCUT2D eigenvalue weighted by atomic mass is 32.2. The minimum Gasteiger partial charge on any atom is -0.497 e. The fourth-order valence-electron chi connectivity index (χ4n) is 5.37. The van der Waals surface area contributed by atoms with Crippen molar-refractivity contribution in [1.29, 1.82) is 0 Å². The summed E-state index contributed by atoms with van der Waals surface area (Å²) < 4.78 is 6.70. The molecule has 16 heteroatoms. The molecule has 1 saturated heterocycles. The molecule has 5 rings (SSSR count). The Morgan fingerprint density at radius 2 is 1.64 bits per heavy atom. The lowest BCUT2D eigenvalue weighted by Gasteiger charge is -2.24. The van der Waals surface area contributed by atoms with E-state index in [9.17, 15) is 39.3 Å². The number of nitrogens with zero attached hydrogens (tertiary/aromatic N) is 3. The van der Waals surface area contributed by atoms with Gasteiger partial charge in [-0.05, 0) is 42.5 Å². The fourth-order valence-corrected chi connectivity index (χ4v) is 9.11. The largest absolute Gasteiger partial charge is 0.497 e. The molecule has 0 radical (unpaired) electrons. The molecule has 12 nitrogen and oxygen atoms in total. The Hall–Kier alpha value is -3.60. The number of aliphatic carboxylic acids is 3. The van der Waals surface area contributed by atoms with Gasteiger partial charge in [0.15, 0.2) is 0 Å². The van der Waals surface area contributed by atoms with Gasteiger partial charge in [-0.2, -0.15) is 0 Å². The number of methoxy groups -OCH3 is 1. The second-order valence-corrected chi connectivity index (χ2v) is 13.9. The number of carbonyl (C=O) groups excluding carboxylic acids is 1. The van der Waals surface area contributed by atoms with Gasteiger partial charge < -0.3 is 25.0 Å². The summed E-state index contributed by atoms with van der Waals surface area (Å²) in [6.45, 7) is -1.72. The van der Waals surface area contributed by atoms with Crippen molar-refractivity contribution < 1.29 is 39.2 Å². The molecule has 1 saturated carbocycles. The molecule has 2 aliphatic heterocycles. The van der Waals surface area contributed by atoms with Gasteiger partial charge >= 0.3 is 17.9 Å². The first-order valence-electron chi connectivity index (χ1n) is 13.5. The second kappa shape index (κ2) is 13.2. The number of ether oxygens (including phenoxy) is 1. The van der Waals surface area contributed by atoms with Crippen LogP contribution in [0.2, 0.25) is 0 Å². The SMILES string of the molecule is COc1ccc2c(c1)N(CC(=O)O)/C(=C/C(=c1/s/c(=C3\SC(=S)N(CC(=O)O)C3=O)n(CC(=O)O)c1=O)C1CCCCC1)S2. The minimum atomic E-state index is -1.29. The predicted octanol–water partition coefficient (Wildman–Crippen LogP) is 2.33. The summed E-state index contributed by atoms with van der Waals surface area (Å²) in [7, 11) is 1.52. The van der Waals surface area contributed by atoms with Crippen molar-refractivity contribution in [2.24, 2.45) is 5.92 Å². The third-order valence-corrected chi connectivity index (χ3v) is 11.2. The van der Waals surface area contributed by atoms with E-state index >= 15 is 0 Å². The number of thiocarbonyl (C=S) groups is 1. The molecule has 1 aromatic heterocycles. The molecule has 1 aromatic carbocycles. The lowest BCUT2D eigenvalue weighted by molar-refractivity contribution is -0.140. The Morgan fingerprint density at radius 1 is 0.977 bits per heavy atom. The lowest BCUT2D eigenvalue weighted by Crippen LogP contribution is -2.37. The van der Waals surface area contributed by atoms with Crippen LogP contribution in [0, 0.1) is 5.92 Å². The molecule has 44 heavy (non-hydrogen) atoms. The normalized spacial score (nSPS) is 19.9. The van der Waals surface area contributed by atoms with Gasteiger partial charge in [-0.3, -0.25) is 33.4 Å². The van der Waals surface area contributed by atoms with Crippen molar-refractivity contribution >= 4 is 91.4 Å². The van der Waals surface area contributed by atoms with Crippen molar-refractivity contribution in [3.8, 4) is 5.75 Å². The summed E-state index contributed by atoms with van der Waals surface area (Å²) in [6.07, 6.45) is 6.24. The number of amides is 1. The molecule has 2 aromatic rings. The number of thiazole rings is 1. The van der Waals surface area contributed by atoms with Crippen molar-refractivity contribution in [3.63, 3.8) is 0 Å². The van der Waals surface area contributed by atoms with Crippen LogP contribution in [-0.2, 0) is 25.7 Å². The number of fused-ring (bicyclic) bond motifs is 1. The summed E-state index contributed by atoms with van der Waals surface area (Å²) in [4.78, 5) is 65.7. The third kappa shape index (κ3) is 6.43. The van der Waals surface area contributed by atoms with Crippen LogP contribution < -0.4 is 24.4 Å². The van der Waals surface area contributed by atoms with E-state index < -0.39 is 42.5 Å². The van der Waals surface area contributed by atoms with Crippen LogP contribution in [0.15, 0.2) is 39.0 Å². The Balaban J connectivity index is 1.77. The smallest absolute Gasteiger partial charge is 0.323 e. The monoisotopic (exact) mass is 677 g/mol. The van der Waals surface area contributed by atoms with Gasteiger partial charge in [0.05, 0.1) is 22.4 Å². The summed E-state index contributed by atoms with van der Waals surface area (Å²) in [5.41, 5.74) is 0.695. The molecular formula is C28H27N3O9S4. The van der Waals surface area contributed by atoms with Crippen LogP contribution >= 0.6 is 47.1 Å². The van der Waals surface area contributed by atoms with E-state index in [1.165, 1.54) is 18.9 Å². The number of aromatic nitrogens is 1. The van der Waals surface area contributed by atoms with Crippen molar-refractivity contribution in [2.45, 2.75) is 43.5 Å². The molecule has 3 aliphatic rings. The van der Waals surface area contributed by atoms with E-state index in [0.717, 1.165) is 69.6 Å². The van der Waals surface area contributed by atoms with Crippen LogP contribution in [0.1, 0.15) is 32.1 Å². The molecule has 3 heterocycles. The number of carbonyl (C=O) groups is 4. The van der Waals surface area contributed by atoms with Crippen LogP contribution in [0.5, 0.6) is 5.75 Å². The first-order valence-corrected chi connectivity index (χ1v) is 16.4. The molecule has 0 bridgehead atoms. The van der Waals surface area contributed by atoms with Gasteiger partial charge in [0, 0.05) is 11.0 Å². The van der Waals surface area contributed by atoms with E-state index in [-0.39, 0.29) is 30.9 Å². The van der Waals surface area contributed by atoms with Gasteiger partial charge in [-0.15, -0.1) is 11.3 Å². The molecule has 0 atom stereocenters. The number of hydrogen-bond acceptors (Lipinski definition) is 11. The van der Waals surface area contributed by atoms with Crippen LogP contribution in [0.3, 0.4) is 0 Å². The van der Waals surface area contributed by atoms with Crippen LogP contribution in [0.4, 0.5) is 5.69 Å². The van der Waals surface area contributed by atoms with Crippen molar-refractivity contribution in [3.05, 3.63) is 48.9 Å². The highest BCUT2D eigenvalue weighted by molar-refractivity contribution is 8.30. The van der Waals surface area contributed by atoms with E-state index in [0.29, 0.717) is 22.0 Å². The Morgan fingerprint density at radius 3 is 2.27 bits per heavy atom. The van der Waals surface area contributed by atoms with Gasteiger partial charge in [-0.25, -0.2) is 0 Å². The predicted molar refractivity (Wildman–Crippen MR) is 170 cm³/mol. The standard InChI is InChI=1S/C28H27N3O9S4/c1-40-15-7-8-18-17(9-15)29(11-20(32)33)19(42-18)10-16(14-5-3-2-4-6-14)23-25(38)30(12-21(34)35)27(43-23)24-26(39)31(13-22(36)37)28(41)44-24/h7-10,14H,2-6,11-13H2,1H3,(H,32,33)(H,34,35)(H,36,37)/b19-10-,23-16-,27-24-. The summed E-state index contributed by atoms with van der Waals surface area (Å²) >= 11 is 8.39. The maximum absolute atomic E-state index is 14.0.